The van der Waals surface area contributed by atoms with Crippen molar-refractivity contribution in [3.63, 3.8) is 0 Å². The van der Waals surface area contributed by atoms with Crippen LogP contribution in [0, 0.1) is 0 Å². The molecule has 1 heterocycles. The summed E-state index contributed by atoms with van der Waals surface area (Å²) >= 11 is 1.80. The standard InChI is InChI=1S/C15H28N2O2S/c1-6-14(7-2,20-5)11-17-10-12(18)16-15(8-3,9-4)13(17)19/h6-11H2,1-5H3,(H,16,18). The van der Waals surface area contributed by atoms with Crippen LogP contribution < -0.4 is 5.32 Å². The van der Waals surface area contributed by atoms with E-state index >= 15 is 0 Å². The van der Waals surface area contributed by atoms with Crippen molar-refractivity contribution in [3.8, 4) is 0 Å². The maximum Gasteiger partial charge on any atom is 0.248 e. The van der Waals surface area contributed by atoms with E-state index in [1.807, 2.05) is 13.8 Å². The van der Waals surface area contributed by atoms with E-state index in [9.17, 15) is 9.59 Å². The molecule has 5 heteroatoms. The van der Waals surface area contributed by atoms with Gasteiger partial charge in [0, 0.05) is 11.3 Å². The Morgan fingerprint density at radius 1 is 1.20 bits per heavy atom. The van der Waals surface area contributed by atoms with E-state index in [-0.39, 0.29) is 23.1 Å². The van der Waals surface area contributed by atoms with Crippen molar-refractivity contribution in [2.24, 2.45) is 0 Å². The van der Waals surface area contributed by atoms with Gasteiger partial charge in [-0.15, -0.1) is 0 Å². The number of nitrogens with zero attached hydrogens (tertiary/aromatic N) is 1. The summed E-state index contributed by atoms with van der Waals surface area (Å²) in [5.41, 5.74) is -0.693. The first-order valence-corrected chi connectivity index (χ1v) is 8.80. The van der Waals surface area contributed by atoms with E-state index in [1.165, 1.54) is 0 Å². The summed E-state index contributed by atoms with van der Waals surface area (Å²) in [4.78, 5) is 26.5. The lowest BCUT2D eigenvalue weighted by Crippen LogP contribution is -2.67. The molecule has 0 aliphatic carbocycles. The monoisotopic (exact) mass is 300 g/mol. The van der Waals surface area contributed by atoms with Gasteiger partial charge in [0.05, 0.1) is 6.54 Å². The number of carbonyl (C=O) groups is 2. The van der Waals surface area contributed by atoms with Crippen LogP contribution in [0.3, 0.4) is 0 Å². The Morgan fingerprint density at radius 3 is 2.15 bits per heavy atom. The Kier molecular flexibility index (Phi) is 5.92. The summed E-state index contributed by atoms with van der Waals surface area (Å²) in [6.45, 7) is 9.10. The maximum absolute atomic E-state index is 12.8. The van der Waals surface area contributed by atoms with Crippen molar-refractivity contribution in [1.29, 1.82) is 0 Å². The molecule has 1 aliphatic rings. The van der Waals surface area contributed by atoms with E-state index in [2.05, 4.69) is 25.4 Å². The van der Waals surface area contributed by atoms with Crippen LogP contribution in [0.5, 0.6) is 0 Å². The number of hydrogen-bond acceptors (Lipinski definition) is 3. The predicted molar refractivity (Wildman–Crippen MR) is 84.9 cm³/mol. The number of rotatable bonds is 7. The highest BCUT2D eigenvalue weighted by molar-refractivity contribution is 8.00. The second-order valence-electron chi connectivity index (χ2n) is 5.59. The van der Waals surface area contributed by atoms with Gasteiger partial charge in [0.15, 0.2) is 0 Å². The summed E-state index contributed by atoms with van der Waals surface area (Å²) in [7, 11) is 0. The molecule has 0 spiro atoms. The number of piperazine rings is 1. The minimum Gasteiger partial charge on any atom is -0.340 e. The van der Waals surface area contributed by atoms with Gasteiger partial charge in [-0.25, -0.2) is 0 Å². The molecule has 116 valence electrons. The van der Waals surface area contributed by atoms with E-state index in [4.69, 9.17) is 0 Å². The van der Waals surface area contributed by atoms with Crippen LogP contribution in [-0.4, -0.2) is 46.3 Å². The van der Waals surface area contributed by atoms with E-state index in [0.717, 1.165) is 12.8 Å². The molecular formula is C15H28N2O2S. The predicted octanol–water partition coefficient (Wildman–Crippen LogP) is 2.43. The molecule has 0 aromatic carbocycles. The molecule has 0 atom stereocenters. The van der Waals surface area contributed by atoms with Crippen LogP contribution in [0.1, 0.15) is 53.4 Å². The van der Waals surface area contributed by atoms with Crippen molar-refractivity contribution in [2.45, 2.75) is 63.7 Å². The summed E-state index contributed by atoms with van der Waals surface area (Å²) < 4.78 is 0.0561. The smallest absolute Gasteiger partial charge is 0.248 e. The zero-order valence-electron chi connectivity index (χ0n) is 13.4. The van der Waals surface area contributed by atoms with E-state index in [0.29, 0.717) is 19.4 Å². The lowest BCUT2D eigenvalue weighted by molar-refractivity contribution is -0.150. The van der Waals surface area contributed by atoms with Crippen LogP contribution in [0.25, 0.3) is 0 Å². The molecule has 0 bridgehead atoms. The molecular weight excluding hydrogens is 272 g/mol. The van der Waals surface area contributed by atoms with E-state index in [1.54, 1.807) is 16.7 Å². The van der Waals surface area contributed by atoms with Gasteiger partial charge in [0.25, 0.3) is 0 Å². The summed E-state index contributed by atoms with van der Waals surface area (Å²) in [6.07, 6.45) is 5.39. The fourth-order valence-corrected chi connectivity index (χ4v) is 3.80. The van der Waals surface area contributed by atoms with Gasteiger partial charge < -0.3 is 10.2 Å². The number of thioether (sulfide) groups is 1. The SMILES string of the molecule is CCC(CC)(CN1CC(=O)NC(CC)(CC)C1=O)SC. The Hall–Kier alpha value is -0.710. The van der Waals surface area contributed by atoms with Crippen molar-refractivity contribution >= 4 is 23.6 Å². The molecule has 1 rings (SSSR count). The minimum absolute atomic E-state index is 0.0319. The van der Waals surface area contributed by atoms with Gasteiger partial charge >= 0.3 is 0 Å². The zero-order chi connectivity index (χ0) is 15.4. The third-order valence-electron chi connectivity index (χ3n) is 4.82. The summed E-state index contributed by atoms with van der Waals surface area (Å²) in [5.74, 6) is 0.0536. The van der Waals surface area contributed by atoms with Crippen molar-refractivity contribution in [3.05, 3.63) is 0 Å². The fraction of sp³-hybridized carbons (Fsp3) is 0.867. The molecule has 1 aliphatic heterocycles. The largest absolute Gasteiger partial charge is 0.340 e. The molecule has 0 radical (unpaired) electrons. The maximum atomic E-state index is 12.8. The molecule has 0 unspecified atom stereocenters. The normalized spacial score (nSPS) is 19.1. The zero-order valence-corrected chi connectivity index (χ0v) is 14.2. The topological polar surface area (TPSA) is 49.4 Å². The highest BCUT2D eigenvalue weighted by atomic mass is 32.2. The van der Waals surface area contributed by atoms with Crippen molar-refractivity contribution in [1.82, 2.24) is 10.2 Å². The molecule has 1 saturated heterocycles. The highest BCUT2D eigenvalue weighted by Gasteiger charge is 2.45. The van der Waals surface area contributed by atoms with Crippen LogP contribution in [0.15, 0.2) is 0 Å². The number of amides is 2. The minimum atomic E-state index is -0.693. The Labute approximate surface area is 127 Å². The molecule has 0 aromatic rings. The lowest BCUT2D eigenvalue weighted by Gasteiger charge is -2.44. The van der Waals surface area contributed by atoms with E-state index < -0.39 is 5.54 Å². The van der Waals surface area contributed by atoms with Gasteiger partial charge in [-0.3, -0.25) is 9.59 Å². The molecule has 1 N–H and O–H groups in total. The third-order valence-corrected chi connectivity index (χ3v) is 6.39. The first-order valence-electron chi connectivity index (χ1n) is 7.58. The average Bonchev–Trinajstić information content (AvgIpc) is 2.48. The molecule has 2 amide bonds. The van der Waals surface area contributed by atoms with Gasteiger partial charge in [0.2, 0.25) is 11.8 Å². The van der Waals surface area contributed by atoms with Gasteiger partial charge in [-0.2, -0.15) is 11.8 Å². The molecule has 0 saturated carbocycles. The van der Waals surface area contributed by atoms with Crippen molar-refractivity contribution in [2.75, 3.05) is 19.3 Å². The third kappa shape index (κ3) is 3.13. The second-order valence-corrected chi connectivity index (χ2v) is 6.87. The first-order chi connectivity index (χ1) is 9.42. The van der Waals surface area contributed by atoms with Gasteiger partial charge in [-0.05, 0) is 31.9 Å². The fourth-order valence-electron chi connectivity index (χ4n) is 2.94. The van der Waals surface area contributed by atoms with Gasteiger partial charge in [0.1, 0.15) is 5.54 Å². The molecule has 1 fully saturated rings. The molecule has 4 nitrogen and oxygen atoms in total. The highest BCUT2D eigenvalue weighted by Crippen LogP contribution is 2.33. The molecule has 20 heavy (non-hydrogen) atoms. The second kappa shape index (κ2) is 6.83. The number of carbonyl (C=O) groups excluding carboxylic acids is 2. The van der Waals surface area contributed by atoms with Crippen LogP contribution in [0.2, 0.25) is 0 Å². The van der Waals surface area contributed by atoms with Crippen LogP contribution >= 0.6 is 11.8 Å². The number of nitrogens with one attached hydrogen (secondary N) is 1. The molecule has 0 aromatic heterocycles. The Morgan fingerprint density at radius 2 is 1.75 bits per heavy atom. The van der Waals surface area contributed by atoms with Crippen LogP contribution in [0.4, 0.5) is 0 Å². The van der Waals surface area contributed by atoms with Gasteiger partial charge in [-0.1, -0.05) is 27.7 Å². The average molecular weight is 300 g/mol. The van der Waals surface area contributed by atoms with Crippen molar-refractivity contribution < 1.29 is 9.59 Å². The Balaban J connectivity index is 2.99. The summed E-state index contributed by atoms with van der Waals surface area (Å²) in [6, 6.07) is 0. The summed E-state index contributed by atoms with van der Waals surface area (Å²) in [5, 5.41) is 2.91. The lowest BCUT2D eigenvalue weighted by atomic mass is 9.88. The van der Waals surface area contributed by atoms with Crippen LogP contribution in [-0.2, 0) is 9.59 Å². The quantitative estimate of drug-likeness (QED) is 0.785. The number of hydrogen-bond donors (Lipinski definition) is 1. The Bertz CT molecular complexity index is 355. The first kappa shape index (κ1) is 17.3.